The van der Waals surface area contributed by atoms with Gasteiger partial charge in [-0.25, -0.2) is 4.79 Å². The number of nitrogens with two attached hydrogens (primary N) is 1. The normalized spacial score (nSPS) is 15.6. The fourth-order valence-electron chi connectivity index (χ4n) is 2.49. The van der Waals surface area contributed by atoms with E-state index in [2.05, 4.69) is 0 Å². The van der Waals surface area contributed by atoms with Crippen LogP contribution in [0.5, 0.6) is 0 Å². The molecule has 22 heavy (non-hydrogen) atoms. The molecule has 2 aliphatic carbocycles. The first-order valence-electron chi connectivity index (χ1n) is 7.03. The van der Waals surface area contributed by atoms with Crippen molar-refractivity contribution in [3.05, 3.63) is 47.5 Å². The summed E-state index contributed by atoms with van der Waals surface area (Å²) in [6.45, 7) is 2.11. The zero-order valence-electron chi connectivity index (χ0n) is 12.0. The highest BCUT2D eigenvalue weighted by Crippen LogP contribution is 2.32. The molecule has 0 radical (unpaired) electrons. The van der Waals surface area contributed by atoms with Crippen molar-refractivity contribution in [2.24, 2.45) is 5.73 Å². The highest BCUT2D eigenvalue weighted by atomic mass is 16.7. The number of hydrogen-bond donors (Lipinski definition) is 1. The number of nitrogens with zero attached hydrogens (tertiary/aromatic N) is 1. The molecule has 1 aliphatic heterocycles. The molecule has 0 aromatic carbocycles. The van der Waals surface area contributed by atoms with E-state index in [0.29, 0.717) is 48.6 Å². The van der Waals surface area contributed by atoms with E-state index in [0.717, 1.165) is 0 Å². The Morgan fingerprint density at radius 3 is 2.32 bits per heavy atom. The van der Waals surface area contributed by atoms with Crippen LogP contribution in [0.15, 0.2) is 36.4 Å². The first kappa shape index (κ1) is 14.5. The maximum absolute atomic E-state index is 12.4. The zero-order valence-corrected chi connectivity index (χ0v) is 12.0. The molecule has 2 N–H and O–H groups in total. The third-order valence-electron chi connectivity index (χ3n) is 3.57. The Bertz CT molecular complexity index is 680. The summed E-state index contributed by atoms with van der Waals surface area (Å²) < 4.78 is 5.21. The van der Waals surface area contributed by atoms with E-state index in [1.807, 2.05) is 6.07 Å². The largest absolute Gasteiger partial charge is 0.379 e. The SMILES string of the molecule is NC(=O)c1cc(C(=O)ON2CCOCC2)c2cccccc1-2. The molecule has 0 aromatic heterocycles. The van der Waals surface area contributed by atoms with Gasteiger partial charge in [-0.15, -0.1) is 5.06 Å². The lowest BCUT2D eigenvalue weighted by Crippen LogP contribution is -2.37. The number of rotatable bonds is 3. The summed E-state index contributed by atoms with van der Waals surface area (Å²) in [5.74, 6) is -1.06. The fourth-order valence-corrected chi connectivity index (χ4v) is 2.49. The predicted octanol–water partition coefficient (Wildman–Crippen LogP) is 1.29. The number of morpholine rings is 1. The molecule has 1 fully saturated rings. The minimum absolute atomic E-state index is 0.320. The number of primary amides is 1. The Hall–Kier alpha value is -2.44. The van der Waals surface area contributed by atoms with Crippen molar-refractivity contribution in [2.75, 3.05) is 26.3 Å². The quantitative estimate of drug-likeness (QED) is 0.923. The van der Waals surface area contributed by atoms with Gasteiger partial charge in [0.2, 0.25) is 5.91 Å². The van der Waals surface area contributed by atoms with Gasteiger partial charge < -0.3 is 15.3 Å². The van der Waals surface area contributed by atoms with Crippen molar-refractivity contribution < 1.29 is 19.2 Å². The summed E-state index contributed by atoms with van der Waals surface area (Å²) in [6.07, 6.45) is 0. The van der Waals surface area contributed by atoms with Gasteiger partial charge in [0.1, 0.15) is 0 Å². The molecular formula is C16H16N2O4. The Labute approximate surface area is 127 Å². The number of hydroxylamine groups is 2. The molecule has 114 valence electrons. The van der Waals surface area contributed by atoms with E-state index in [9.17, 15) is 9.59 Å². The lowest BCUT2D eigenvalue weighted by atomic mass is 10.1. The number of ether oxygens (including phenoxy) is 1. The summed E-state index contributed by atoms with van der Waals surface area (Å²) >= 11 is 0. The molecule has 3 rings (SSSR count). The standard InChI is InChI=1S/C16H16N2O4/c17-15(19)13-10-14(12-5-3-1-2-4-11(12)13)16(20)22-18-6-8-21-9-7-18/h1-5,10H,6-9H2,(H2,17,19). The van der Waals surface area contributed by atoms with Crippen LogP contribution in [0.2, 0.25) is 0 Å². The van der Waals surface area contributed by atoms with Gasteiger partial charge in [0.25, 0.3) is 0 Å². The van der Waals surface area contributed by atoms with Gasteiger partial charge in [-0.3, -0.25) is 4.79 Å². The maximum atomic E-state index is 12.4. The van der Waals surface area contributed by atoms with Gasteiger partial charge >= 0.3 is 5.97 Å². The highest BCUT2D eigenvalue weighted by molar-refractivity contribution is 6.09. The van der Waals surface area contributed by atoms with Crippen LogP contribution >= 0.6 is 0 Å². The van der Waals surface area contributed by atoms with Gasteiger partial charge in [-0.1, -0.05) is 30.3 Å². The predicted molar refractivity (Wildman–Crippen MR) is 79.4 cm³/mol. The number of carbonyl (C=O) groups is 2. The van der Waals surface area contributed by atoms with Crippen LogP contribution < -0.4 is 5.73 Å². The molecule has 0 spiro atoms. The van der Waals surface area contributed by atoms with Crippen LogP contribution in [0.25, 0.3) is 11.1 Å². The molecule has 0 atom stereocenters. The molecular weight excluding hydrogens is 284 g/mol. The summed E-state index contributed by atoms with van der Waals surface area (Å²) in [5.41, 5.74) is 7.35. The average molecular weight is 300 g/mol. The summed E-state index contributed by atoms with van der Waals surface area (Å²) in [4.78, 5) is 29.4. The number of fused-ring (bicyclic) bond motifs is 1. The first-order chi connectivity index (χ1) is 10.7. The second-order valence-corrected chi connectivity index (χ2v) is 4.99. The van der Waals surface area contributed by atoms with Crippen molar-refractivity contribution >= 4 is 11.9 Å². The molecule has 3 aliphatic rings. The van der Waals surface area contributed by atoms with E-state index < -0.39 is 11.9 Å². The average Bonchev–Trinajstić information content (AvgIpc) is 2.71. The van der Waals surface area contributed by atoms with Crippen LogP contribution in [0.3, 0.4) is 0 Å². The van der Waals surface area contributed by atoms with Crippen molar-refractivity contribution in [1.29, 1.82) is 0 Å². The summed E-state index contributed by atoms with van der Waals surface area (Å²) in [7, 11) is 0. The number of hydrogen-bond acceptors (Lipinski definition) is 5. The smallest absolute Gasteiger partial charge is 0.357 e. The lowest BCUT2D eigenvalue weighted by molar-refractivity contribution is -0.150. The van der Waals surface area contributed by atoms with Gasteiger partial charge in [0, 0.05) is 5.56 Å². The molecule has 0 unspecified atom stereocenters. The maximum Gasteiger partial charge on any atom is 0.357 e. The second-order valence-electron chi connectivity index (χ2n) is 4.99. The van der Waals surface area contributed by atoms with Crippen LogP contribution in [-0.4, -0.2) is 43.2 Å². The zero-order chi connectivity index (χ0) is 15.5. The van der Waals surface area contributed by atoms with Gasteiger partial charge in [-0.05, 0) is 17.2 Å². The first-order valence-corrected chi connectivity index (χ1v) is 7.03. The Morgan fingerprint density at radius 2 is 1.68 bits per heavy atom. The Morgan fingerprint density at radius 1 is 1.05 bits per heavy atom. The van der Waals surface area contributed by atoms with Crippen molar-refractivity contribution in [3.63, 3.8) is 0 Å². The van der Waals surface area contributed by atoms with E-state index in [1.165, 1.54) is 6.07 Å². The van der Waals surface area contributed by atoms with E-state index >= 15 is 0 Å². The van der Waals surface area contributed by atoms with Gasteiger partial charge in [0.15, 0.2) is 0 Å². The van der Waals surface area contributed by atoms with Crippen LogP contribution in [0.1, 0.15) is 20.7 Å². The van der Waals surface area contributed by atoms with Gasteiger partial charge in [-0.2, -0.15) is 0 Å². The van der Waals surface area contributed by atoms with Crippen molar-refractivity contribution in [1.82, 2.24) is 5.06 Å². The van der Waals surface area contributed by atoms with Crippen molar-refractivity contribution in [2.45, 2.75) is 0 Å². The topological polar surface area (TPSA) is 81.9 Å². The highest BCUT2D eigenvalue weighted by Gasteiger charge is 2.25. The molecule has 1 amide bonds. The molecule has 1 saturated heterocycles. The third kappa shape index (κ3) is 2.79. The molecule has 1 heterocycles. The van der Waals surface area contributed by atoms with Crippen LogP contribution in [0, 0.1) is 0 Å². The van der Waals surface area contributed by atoms with E-state index in [1.54, 1.807) is 29.3 Å². The summed E-state index contributed by atoms with van der Waals surface area (Å²) in [6, 6.07) is 10.5. The Balaban J connectivity index is 1.93. The monoisotopic (exact) mass is 300 g/mol. The molecule has 0 saturated carbocycles. The second kappa shape index (κ2) is 6.13. The molecule has 6 heteroatoms. The minimum Gasteiger partial charge on any atom is -0.379 e. The number of amides is 1. The minimum atomic E-state index is -0.568. The summed E-state index contributed by atoms with van der Waals surface area (Å²) in [5, 5.41) is 1.57. The molecule has 0 aromatic rings. The molecule has 0 bridgehead atoms. The molecule has 6 nitrogen and oxygen atoms in total. The van der Waals surface area contributed by atoms with E-state index in [4.69, 9.17) is 15.3 Å². The van der Waals surface area contributed by atoms with Gasteiger partial charge in [0.05, 0.1) is 31.9 Å². The van der Waals surface area contributed by atoms with Crippen molar-refractivity contribution in [3.8, 4) is 11.1 Å². The van der Waals surface area contributed by atoms with Crippen LogP contribution in [-0.2, 0) is 9.57 Å². The fraction of sp³-hybridized carbons (Fsp3) is 0.250. The van der Waals surface area contributed by atoms with Crippen LogP contribution in [0.4, 0.5) is 0 Å². The van der Waals surface area contributed by atoms with E-state index in [-0.39, 0.29) is 0 Å². The third-order valence-corrected chi connectivity index (χ3v) is 3.57. The Kier molecular flexibility index (Phi) is 4.04. The lowest BCUT2D eigenvalue weighted by Gasteiger charge is -2.24. The number of carbonyl (C=O) groups excluding carboxylic acids is 2.